The number of aliphatic hydroxyl groups is 1. The Kier molecular flexibility index (Phi) is 4.74. The Morgan fingerprint density at radius 2 is 1.45 bits per heavy atom. The Balaban J connectivity index is 2.80. The fraction of sp³-hybridized carbons (Fsp3) is 1.00. The summed E-state index contributed by atoms with van der Waals surface area (Å²) in [6.45, 7) is 15.2. The highest BCUT2D eigenvalue weighted by molar-refractivity contribution is 7.81. The van der Waals surface area contributed by atoms with Gasteiger partial charge < -0.3 is 10.8 Å². The summed E-state index contributed by atoms with van der Waals surface area (Å²) in [6.07, 6.45) is 5.45. The molecule has 0 amide bonds. The van der Waals surface area contributed by atoms with Crippen LogP contribution in [0.2, 0.25) is 0 Å². The molecule has 3 N–H and O–H groups in total. The summed E-state index contributed by atoms with van der Waals surface area (Å²) in [7, 11) is 0. The van der Waals surface area contributed by atoms with Crippen molar-refractivity contribution >= 4 is 12.6 Å². The molecule has 1 atom stereocenters. The van der Waals surface area contributed by atoms with Gasteiger partial charge in [-0.2, -0.15) is 0 Å². The fourth-order valence-corrected chi connectivity index (χ4v) is 4.88. The summed E-state index contributed by atoms with van der Waals surface area (Å²) < 4.78 is 0. The molecule has 0 aromatic heterocycles. The third kappa shape index (κ3) is 5.23. The number of thiol groups is 1. The first kappa shape index (κ1) is 18.3. The van der Waals surface area contributed by atoms with E-state index < -0.39 is 4.93 Å². The van der Waals surface area contributed by atoms with Crippen LogP contribution in [0.25, 0.3) is 0 Å². The Morgan fingerprint density at radius 1 is 1.00 bits per heavy atom. The van der Waals surface area contributed by atoms with Crippen LogP contribution in [0.15, 0.2) is 0 Å². The third-order valence-corrected chi connectivity index (χ3v) is 4.98. The maximum atomic E-state index is 10.1. The van der Waals surface area contributed by atoms with Crippen molar-refractivity contribution in [2.24, 2.45) is 22.0 Å². The first-order chi connectivity index (χ1) is 8.58. The average Bonchev–Trinajstić information content (AvgIpc) is 2.73. The zero-order valence-corrected chi connectivity index (χ0v) is 15.4. The van der Waals surface area contributed by atoms with Gasteiger partial charge in [0.15, 0.2) is 0 Å². The standard InChI is InChI=1S/C17H35NOS/c1-13(2,10-15(5,6)18)11-17(8-9-17)14(3,4)12-16(7,19)20/h19-20H,8-12,18H2,1-7H3. The molecule has 1 unspecified atom stereocenters. The van der Waals surface area contributed by atoms with Crippen molar-refractivity contribution in [2.45, 2.75) is 91.0 Å². The second-order valence-corrected chi connectivity index (χ2v) is 10.5. The Bertz CT molecular complexity index is 343. The van der Waals surface area contributed by atoms with E-state index in [4.69, 9.17) is 5.73 Å². The van der Waals surface area contributed by atoms with Gasteiger partial charge in [-0.3, -0.25) is 0 Å². The second kappa shape index (κ2) is 5.17. The van der Waals surface area contributed by atoms with E-state index in [-0.39, 0.29) is 16.4 Å². The van der Waals surface area contributed by atoms with Crippen LogP contribution in [0.3, 0.4) is 0 Å². The monoisotopic (exact) mass is 301 g/mol. The van der Waals surface area contributed by atoms with Crippen molar-refractivity contribution in [1.29, 1.82) is 0 Å². The molecule has 0 heterocycles. The molecule has 2 nitrogen and oxygen atoms in total. The summed E-state index contributed by atoms with van der Waals surface area (Å²) in [5.74, 6) is 0. The maximum Gasteiger partial charge on any atom is 0.105 e. The first-order valence-electron chi connectivity index (χ1n) is 7.81. The van der Waals surface area contributed by atoms with Crippen molar-refractivity contribution in [3.63, 3.8) is 0 Å². The van der Waals surface area contributed by atoms with Crippen molar-refractivity contribution in [3.8, 4) is 0 Å². The Labute approximate surface area is 131 Å². The first-order valence-corrected chi connectivity index (χ1v) is 8.26. The van der Waals surface area contributed by atoms with Crippen LogP contribution in [0.5, 0.6) is 0 Å². The van der Waals surface area contributed by atoms with Gasteiger partial charge in [-0.1, -0.05) is 27.7 Å². The summed E-state index contributed by atoms with van der Waals surface area (Å²) in [6, 6.07) is 0. The van der Waals surface area contributed by atoms with Crippen LogP contribution in [-0.4, -0.2) is 15.6 Å². The van der Waals surface area contributed by atoms with Gasteiger partial charge in [0, 0.05) is 5.54 Å². The van der Waals surface area contributed by atoms with Gasteiger partial charge >= 0.3 is 0 Å². The zero-order chi connectivity index (χ0) is 16.0. The molecule has 1 saturated carbocycles. The Hall–Kier alpha value is 0.270. The van der Waals surface area contributed by atoms with Crippen LogP contribution in [0, 0.1) is 16.2 Å². The summed E-state index contributed by atoms with van der Waals surface area (Å²) in [5, 5.41) is 10.1. The van der Waals surface area contributed by atoms with Crippen molar-refractivity contribution < 1.29 is 5.11 Å². The number of hydrogen-bond acceptors (Lipinski definition) is 3. The van der Waals surface area contributed by atoms with Crippen molar-refractivity contribution in [3.05, 3.63) is 0 Å². The molecular formula is C17H35NOS. The molecule has 1 fully saturated rings. The van der Waals surface area contributed by atoms with Gasteiger partial charge in [-0.25, -0.2) is 0 Å². The number of rotatable bonds is 7. The van der Waals surface area contributed by atoms with E-state index in [1.807, 2.05) is 0 Å². The number of nitrogens with two attached hydrogens (primary N) is 1. The minimum atomic E-state index is -0.892. The maximum absolute atomic E-state index is 10.1. The molecule has 20 heavy (non-hydrogen) atoms. The third-order valence-electron chi connectivity index (χ3n) is 4.82. The van der Waals surface area contributed by atoms with Gasteiger partial charge in [0.2, 0.25) is 0 Å². The van der Waals surface area contributed by atoms with Gasteiger partial charge in [-0.15, -0.1) is 12.6 Å². The van der Waals surface area contributed by atoms with Crippen molar-refractivity contribution in [1.82, 2.24) is 0 Å². The molecule has 120 valence electrons. The molecule has 1 rings (SSSR count). The van der Waals surface area contributed by atoms with E-state index in [2.05, 4.69) is 54.2 Å². The number of hydrogen-bond donors (Lipinski definition) is 3. The molecule has 0 spiro atoms. The molecule has 3 heteroatoms. The normalized spacial score (nSPS) is 22.5. The minimum absolute atomic E-state index is 0.105. The summed E-state index contributed by atoms with van der Waals surface area (Å²) in [4.78, 5) is -0.892. The molecule has 0 radical (unpaired) electrons. The van der Waals surface area contributed by atoms with Gasteiger partial charge in [0.25, 0.3) is 0 Å². The fourth-order valence-electron chi connectivity index (χ4n) is 4.48. The Morgan fingerprint density at radius 3 is 1.75 bits per heavy atom. The van der Waals surface area contributed by atoms with E-state index in [0.717, 1.165) is 12.8 Å². The van der Waals surface area contributed by atoms with Crippen LogP contribution >= 0.6 is 12.6 Å². The summed E-state index contributed by atoms with van der Waals surface area (Å²) >= 11 is 4.32. The van der Waals surface area contributed by atoms with E-state index in [1.165, 1.54) is 19.3 Å². The predicted molar refractivity (Wildman–Crippen MR) is 91.0 cm³/mol. The lowest BCUT2D eigenvalue weighted by Gasteiger charge is -2.44. The smallest absolute Gasteiger partial charge is 0.105 e. The molecule has 0 aromatic carbocycles. The molecule has 0 aliphatic heterocycles. The van der Waals surface area contributed by atoms with E-state index in [1.54, 1.807) is 6.92 Å². The molecule has 0 bridgehead atoms. The minimum Gasteiger partial charge on any atom is -0.380 e. The summed E-state index contributed by atoms with van der Waals surface area (Å²) in [5.41, 5.74) is 6.77. The van der Waals surface area contributed by atoms with Crippen LogP contribution in [0.4, 0.5) is 0 Å². The average molecular weight is 302 g/mol. The highest BCUT2D eigenvalue weighted by Gasteiger charge is 2.57. The molecule has 0 aromatic rings. The van der Waals surface area contributed by atoms with Gasteiger partial charge in [0.1, 0.15) is 4.93 Å². The molecular weight excluding hydrogens is 266 g/mol. The highest BCUT2D eigenvalue weighted by Crippen LogP contribution is 2.66. The van der Waals surface area contributed by atoms with Crippen LogP contribution < -0.4 is 5.73 Å². The molecule has 1 aliphatic rings. The lowest BCUT2D eigenvalue weighted by Crippen LogP contribution is -2.41. The van der Waals surface area contributed by atoms with Crippen LogP contribution in [-0.2, 0) is 0 Å². The van der Waals surface area contributed by atoms with E-state index in [0.29, 0.717) is 5.41 Å². The zero-order valence-electron chi connectivity index (χ0n) is 14.5. The van der Waals surface area contributed by atoms with Gasteiger partial charge in [-0.05, 0) is 69.1 Å². The predicted octanol–water partition coefficient (Wildman–Crippen LogP) is 4.36. The molecule has 1 aliphatic carbocycles. The highest BCUT2D eigenvalue weighted by atomic mass is 32.1. The lowest BCUT2D eigenvalue weighted by atomic mass is 9.63. The van der Waals surface area contributed by atoms with Crippen molar-refractivity contribution in [2.75, 3.05) is 0 Å². The SMILES string of the molecule is CC(C)(N)CC(C)(C)CC1(C(C)(C)CC(C)(O)S)CC1. The lowest BCUT2D eigenvalue weighted by molar-refractivity contribution is 0.0318. The van der Waals surface area contributed by atoms with E-state index >= 15 is 0 Å². The topological polar surface area (TPSA) is 46.2 Å². The van der Waals surface area contributed by atoms with Gasteiger partial charge in [0.05, 0.1) is 0 Å². The largest absolute Gasteiger partial charge is 0.380 e. The second-order valence-electron chi connectivity index (χ2n) is 9.56. The van der Waals surface area contributed by atoms with Crippen LogP contribution in [0.1, 0.15) is 80.6 Å². The quantitative estimate of drug-likeness (QED) is 0.483. The molecule has 0 saturated heterocycles. The van der Waals surface area contributed by atoms with E-state index in [9.17, 15) is 5.11 Å².